The Kier molecular flexibility index (Phi) is 3.55. The van der Waals surface area contributed by atoms with Crippen molar-refractivity contribution < 1.29 is 0 Å². The van der Waals surface area contributed by atoms with Crippen LogP contribution in [0.1, 0.15) is 36.9 Å². The summed E-state index contributed by atoms with van der Waals surface area (Å²) in [6.45, 7) is 2.99. The van der Waals surface area contributed by atoms with E-state index in [2.05, 4.69) is 50.2 Å². The number of benzene rings is 1. The minimum Gasteiger partial charge on any atom is -0.330 e. The van der Waals surface area contributed by atoms with Gasteiger partial charge >= 0.3 is 0 Å². The fourth-order valence-corrected chi connectivity index (χ4v) is 2.88. The van der Waals surface area contributed by atoms with Gasteiger partial charge < -0.3 is 10.6 Å². The van der Waals surface area contributed by atoms with E-state index in [4.69, 9.17) is 5.73 Å². The van der Waals surface area contributed by atoms with Crippen LogP contribution in [-0.4, -0.2) is 25.5 Å². The van der Waals surface area contributed by atoms with E-state index >= 15 is 0 Å². The van der Waals surface area contributed by atoms with Crippen LogP contribution in [0.2, 0.25) is 0 Å². The molecule has 0 heterocycles. The van der Waals surface area contributed by atoms with Gasteiger partial charge in [0.05, 0.1) is 0 Å². The molecule has 2 rings (SSSR count). The molecule has 0 saturated heterocycles. The first-order chi connectivity index (χ1) is 8.13. The van der Waals surface area contributed by atoms with Crippen molar-refractivity contribution in [3.63, 3.8) is 0 Å². The largest absolute Gasteiger partial charge is 0.330 e. The van der Waals surface area contributed by atoms with Crippen LogP contribution >= 0.6 is 0 Å². The van der Waals surface area contributed by atoms with E-state index in [0.29, 0.717) is 11.5 Å². The third-order valence-corrected chi connectivity index (χ3v) is 4.10. The van der Waals surface area contributed by atoms with E-state index in [1.165, 1.54) is 24.0 Å². The molecule has 1 atom stereocenters. The van der Waals surface area contributed by atoms with E-state index in [1.54, 1.807) is 0 Å². The maximum Gasteiger partial charge on any atom is 0.0410 e. The number of aryl methyl sites for hydroxylation is 1. The lowest BCUT2D eigenvalue weighted by Crippen LogP contribution is -2.33. The molecule has 1 aliphatic rings. The number of hydrogen-bond acceptors (Lipinski definition) is 2. The number of rotatable bonds is 5. The van der Waals surface area contributed by atoms with Crippen molar-refractivity contribution in [2.75, 3.05) is 20.6 Å². The van der Waals surface area contributed by atoms with Crippen LogP contribution in [0.15, 0.2) is 24.3 Å². The number of nitrogens with two attached hydrogens (primary N) is 1. The van der Waals surface area contributed by atoms with E-state index in [1.807, 2.05) is 0 Å². The first kappa shape index (κ1) is 12.6. The van der Waals surface area contributed by atoms with Crippen LogP contribution in [0.25, 0.3) is 0 Å². The molecule has 0 spiro atoms. The van der Waals surface area contributed by atoms with Gasteiger partial charge in [0, 0.05) is 11.5 Å². The molecule has 2 N–H and O–H groups in total. The van der Waals surface area contributed by atoms with Crippen molar-refractivity contribution in [1.82, 2.24) is 4.90 Å². The Balaban J connectivity index is 2.27. The third-order valence-electron chi connectivity index (χ3n) is 4.10. The molecule has 0 bridgehead atoms. The minimum atomic E-state index is 0.331. The average molecular weight is 232 g/mol. The molecule has 2 nitrogen and oxygen atoms in total. The van der Waals surface area contributed by atoms with Crippen molar-refractivity contribution in [1.29, 1.82) is 0 Å². The van der Waals surface area contributed by atoms with Crippen LogP contribution < -0.4 is 5.73 Å². The zero-order valence-electron chi connectivity index (χ0n) is 11.2. The molecule has 1 aromatic carbocycles. The Labute approximate surface area is 105 Å². The number of hydrogen-bond donors (Lipinski definition) is 1. The first-order valence-electron chi connectivity index (χ1n) is 6.58. The first-order valence-corrected chi connectivity index (χ1v) is 6.58. The second-order valence-electron chi connectivity index (χ2n) is 5.53. The van der Waals surface area contributed by atoms with Gasteiger partial charge in [-0.1, -0.05) is 31.2 Å². The summed E-state index contributed by atoms with van der Waals surface area (Å²) in [5, 5.41) is 0. The highest BCUT2D eigenvalue weighted by Crippen LogP contribution is 2.55. The summed E-state index contributed by atoms with van der Waals surface area (Å²) in [6.07, 6.45) is 3.64. The highest BCUT2D eigenvalue weighted by atomic mass is 15.1. The molecule has 0 aromatic heterocycles. The van der Waals surface area contributed by atoms with Crippen LogP contribution in [0.5, 0.6) is 0 Å². The van der Waals surface area contributed by atoms with E-state index in [-0.39, 0.29) is 0 Å². The summed E-state index contributed by atoms with van der Waals surface area (Å²) in [7, 11) is 4.32. The zero-order valence-corrected chi connectivity index (χ0v) is 11.2. The maximum absolute atomic E-state index is 5.97. The van der Waals surface area contributed by atoms with Gasteiger partial charge in [0.1, 0.15) is 0 Å². The topological polar surface area (TPSA) is 29.3 Å². The van der Waals surface area contributed by atoms with E-state index < -0.39 is 0 Å². The fraction of sp³-hybridized carbons (Fsp3) is 0.600. The fourth-order valence-electron chi connectivity index (χ4n) is 2.88. The van der Waals surface area contributed by atoms with Gasteiger partial charge in [0.2, 0.25) is 0 Å². The lowest BCUT2D eigenvalue weighted by atomic mass is 9.88. The Morgan fingerprint density at radius 3 is 2.18 bits per heavy atom. The second-order valence-corrected chi connectivity index (χ2v) is 5.53. The summed E-state index contributed by atoms with van der Waals surface area (Å²) in [4.78, 5) is 2.32. The molecular formula is C15H24N2. The van der Waals surface area contributed by atoms with Gasteiger partial charge in [-0.05, 0) is 51.0 Å². The predicted molar refractivity (Wildman–Crippen MR) is 73.0 cm³/mol. The average Bonchev–Trinajstić information content (AvgIpc) is 3.11. The summed E-state index contributed by atoms with van der Waals surface area (Å²) in [5.41, 5.74) is 9.12. The van der Waals surface area contributed by atoms with Crippen molar-refractivity contribution in [2.24, 2.45) is 11.1 Å². The molecule has 1 aromatic rings. The standard InChI is InChI=1S/C15H24N2/c1-4-12-5-7-13(8-6-12)14(17(2)3)15(11-16)9-10-15/h5-8,14H,4,9-11,16H2,1-3H3. The van der Waals surface area contributed by atoms with Crippen molar-refractivity contribution in [3.05, 3.63) is 35.4 Å². The van der Waals surface area contributed by atoms with Gasteiger partial charge in [-0.25, -0.2) is 0 Å². The zero-order chi connectivity index (χ0) is 12.5. The summed E-state index contributed by atoms with van der Waals surface area (Å²) in [5.74, 6) is 0. The van der Waals surface area contributed by atoms with E-state index in [9.17, 15) is 0 Å². The molecule has 1 aliphatic carbocycles. The summed E-state index contributed by atoms with van der Waals surface area (Å²) < 4.78 is 0. The van der Waals surface area contributed by atoms with Crippen LogP contribution in [0, 0.1) is 5.41 Å². The highest BCUT2D eigenvalue weighted by Gasteiger charge is 2.49. The summed E-state index contributed by atoms with van der Waals surface area (Å²) >= 11 is 0. The van der Waals surface area contributed by atoms with Crippen LogP contribution in [-0.2, 0) is 6.42 Å². The Morgan fingerprint density at radius 2 is 1.82 bits per heavy atom. The monoisotopic (exact) mass is 232 g/mol. The van der Waals surface area contributed by atoms with Gasteiger partial charge in [-0.15, -0.1) is 0 Å². The molecule has 1 unspecified atom stereocenters. The molecule has 94 valence electrons. The van der Waals surface area contributed by atoms with Gasteiger partial charge in [0.25, 0.3) is 0 Å². The summed E-state index contributed by atoms with van der Waals surface area (Å²) in [6, 6.07) is 9.52. The molecule has 17 heavy (non-hydrogen) atoms. The lowest BCUT2D eigenvalue weighted by Gasteiger charge is -2.32. The van der Waals surface area contributed by atoms with Gasteiger partial charge in [-0.3, -0.25) is 0 Å². The van der Waals surface area contributed by atoms with E-state index in [0.717, 1.165) is 13.0 Å². The predicted octanol–water partition coefficient (Wildman–Crippen LogP) is 2.59. The van der Waals surface area contributed by atoms with Crippen molar-refractivity contribution >= 4 is 0 Å². The van der Waals surface area contributed by atoms with Crippen LogP contribution in [0.4, 0.5) is 0 Å². The molecule has 2 heteroatoms. The molecule has 1 fully saturated rings. The SMILES string of the molecule is CCc1ccc(C(N(C)C)C2(CN)CC2)cc1. The number of nitrogens with zero attached hydrogens (tertiary/aromatic N) is 1. The normalized spacial score (nSPS) is 19.4. The maximum atomic E-state index is 5.97. The van der Waals surface area contributed by atoms with Crippen molar-refractivity contribution in [2.45, 2.75) is 32.2 Å². The smallest absolute Gasteiger partial charge is 0.0410 e. The molecule has 0 aliphatic heterocycles. The molecule has 0 radical (unpaired) electrons. The quantitative estimate of drug-likeness (QED) is 0.845. The highest BCUT2D eigenvalue weighted by molar-refractivity contribution is 5.28. The Bertz CT molecular complexity index is 363. The van der Waals surface area contributed by atoms with Crippen LogP contribution in [0.3, 0.4) is 0 Å². The lowest BCUT2D eigenvalue weighted by molar-refractivity contribution is 0.198. The molecule has 0 amide bonds. The Hall–Kier alpha value is -0.860. The molecular weight excluding hydrogens is 208 g/mol. The minimum absolute atomic E-state index is 0.331. The Morgan fingerprint density at radius 1 is 1.24 bits per heavy atom. The van der Waals surface area contributed by atoms with Gasteiger partial charge in [-0.2, -0.15) is 0 Å². The second kappa shape index (κ2) is 4.79. The van der Waals surface area contributed by atoms with Crippen molar-refractivity contribution in [3.8, 4) is 0 Å². The molecule has 1 saturated carbocycles. The third kappa shape index (κ3) is 2.38. The van der Waals surface area contributed by atoms with Gasteiger partial charge in [0.15, 0.2) is 0 Å².